The summed E-state index contributed by atoms with van der Waals surface area (Å²) in [5.41, 5.74) is 3.03. The van der Waals surface area contributed by atoms with Gasteiger partial charge < -0.3 is 14.4 Å². The first-order chi connectivity index (χ1) is 15.7. The standard InChI is InChI=1S/C26H33N3O3/c1-3-23(30)20-10-11-24(25(18-20)31-2)32-17-7-6-14-29-15-12-19(13-16-29)26-21-8-4-5-9-22(21)27-28-26/h4-5,8-11,18-19H,3,6-7,12-17H2,1-2H3,(H,27,28). The number of benzene rings is 2. The Morgan fingerprint density at radius 3 is 2.72 bits per heavy atom. The van der Waals surface area contributed by atoms with Crippen LogP contribution >= 0.6 is 0 Å². The van der Waals surface area contributed by atoms with E-state index in [0.717, 1.165) is 38.0 Å². The highest BCUT2D eigenvalue weighted by Gasteiger charge is 2.23. The molecule has 1 aromatic heterocycles. The SMILES string of the molecule is CCC(=O)c1ccc(OCCCCN2CCC(c3[nH]nc4ccccc34)CC2)c(OC)c1. The van der Waals surface area contributed by atoms with Crippen LogP contribution in [0.1, 0.15) is 61.0 Å². The molecule has 32 heavy (non-hydrogen) atoms. The van der Waals surface area contributed by atoms with Crippen molar-refractivity contribution in [2.24, 2.45) is 0 Å². The number of ether oxygens (including phenoxy) is 2. The van der Waals surface area contributed by atoms with E-state index < -0.39 is 0 Å². The van der Waals surface area contributed by atoms with Crippen molar-refractivity contribution in [3.63, 3.8) is 0 Å². The lowest BCUT2D eigenvalue weighted by molar-refractivity contribution is 0.0987. The van der Waals surface area contributed by atoms with E-state index in [9.17, 15) is 4.79 Å². The first-order valence-electron chi connectivity index (χ1n) is 11.7. The van der Waals surface area contributed by atoms with E-state index in [1.165, 1.54) is 23.9 Å². The predicted molar refractivity (Wildman–Crippen MR) is 127 cm³/mol. The molecule has 1 N–H and O–H groups in total. The van der Waals surface area contributed by atoms with Gasteiger partial charge in [0.15, 0.2) is 17.3 Å². The Bertz CT molecular complexity index is 1040. The monoisotopic (exact) mass is 435 g/mol. The Kier molecular flexibility index (Phi) is 7.43. The van der Waals surface area contributed by atoms with E-state index in [1.54, 1.807) is 13.2 Å². The molecule has 0 saturated carbocycles. The maximum absolute atomic E-state index is 11.9. The number of likely N-dealkylation sites (tertiary alicyclic amines) is 1. The van der Waals surface area contributed by atoms with E-state index >= 15 is 0 Å². The highest BCUT2D eigenvalue weighted by Crippen LogP contribution is 2.32. The van der Waals surface area contributed by atoms with Crippen LogP contribution in [0.3, 0.4) is 0 Å². The van der Waals surface area contributed by atoms with E-state index in [-0.39, 0.29) is 5.78 Å². The van der Waals surface area contributed by atoms with Crippen LogP contribution in [-0.4, -0.2) is 54.2 Å². The first kappa shape index (κ1) is 22.3. The predicted octanol–water partition coefficient (Wildman–Crippen LogP) is 5.20. The third kappa shape index (κ3) is 5.13. The van der Waals surface area contributed by atoms with Crippen molar-refractivity contribution in [3.05, 3.63) is 53.7 Å². The minimum Gasteiger partial charge on any atom is -0.493 e. The van der Waals surface area contributed by atoms with Gasteiger partial charge in [0.1, 0.15) is 0 Å². The fourth-order valence-corrected chi connectivity index (χ4v) is 4.52. The number of piperidine rings is 1. The normalized spacial score (nSPS) is 15.2. The number of aromatic amines is 1. The molecule has 2 heterocycles. The fraction of sp³-hybridized carbons (Fsp3) is 0.462. The molecule has 170 valence electrons. The molecule has 0 unspecified atom stereocenters. The maximum Gasteiger partial charge on any atom is 0.162 e. The third-order valence-electron chi connectivity index (χ3n) is 6.42. The number of fused-ring (bicyclic) bond motifs is 1. The lowest BCUT2D eigenvalue weighted by Gasteiger charge is -2.31. The topological polar surface area (TPSA) is 67.5 Å². The van der Waals surface area contributed by atoms with Gasteiger partial charge in [-0.25, -0.2) is 0 Å². The number of para-hydroxylation sites is 1. The van der Waals surface area contributed by atoms with Crippen LogP contribution in [0, 0.1) is 0 Å². The van der Waals surface area contributed by atoms with Crippen LogP contribution in [0.25, 0.3) is 10.9 Å². The second-order valence-corrected chi connectivity index (χ2v) is 8.47. The number of H-pyrrole nitrogens is 1. The molecule has 0 bridgehead atoms. The van der Waals surface area contributed by atoms with Gasteiger partial charge in [0.2, 0.25) is 0 Å². The van der Waals surface area contributed by atoms with Crippen LogP contribution in [0.15, 0.2) is 42.5 Å². The van der Waals surface area contributed by atoms with E-state index in [4.69, 9.17) is 9.47 Å². The maximum atomic E-state index is 11.9. The van der Waals surface area contributed by atoms with Gasteiger partial charge in [0.05, 0.1) is 19.2 Å². The van der Waals surface area contributed by atoms with Crippen molar-refractivity contribution < 1.29 is 14.3 Å². The zero-order valence-electron chi connectivity index (χ0n) is 19.1. The summed E-state index contributed by atoms with van der Waals surface area (Å²) >= 11 is 0. The molecule has 4 rings (SSSR count). The van der Waals surface area contributed by atoms with E-state index in [0.29, 0.717) is 36.0 Å². The summed E-state index contributed by atoms with van der Waals surface area (Å²) < 4.78 is 11.3. The molecule has 6 heteroatoms. The van der Waals surface area contributed by atoms with Crippen LogP contribution in [-0.2, 0) is 0 Å². The number of carbonyl (C=O) groups is 1. The molecule has 2 aromatic carbocycles. The molecule has 0 atom stereocenters. The molecule has 0 aliphatic carbocycles. The van der Waals surface area contributed by atoms with Crippen LogP contribution in [0.2, 0.25) is 0 Å². The molecule has 1 aliphatic heterocycles. The molecular weight excluding hydrogens is 402 g/mol. The van der Waals surface area contributed by atoms with E-state index in [2.05, 4.69) is 33.3 Å². The summed E-state index contributed by atoms with van der Waals surface area (Å²) in [6.07, 6.45) is 4.92. The van der Waals surface area contributed by atoms with Crippen molar-refractivity contribution in [2.75, 3.05) is 33.4 Å². The van der Waals surface area contributed by atoms with Crippen LogP contribution in [0.5, 0.6) is 11.5 Å². The van der Waals surface area contributed by atoms with Gasteiger partial charge >= 0.3 is 0 Å². The lowest BCUT2D eigenvalue weighted by atomic mass is 9.91. The minimum absolute atomic E-state index is 0.110. The van der Waals surface area contributed by atoms with Crippen molar-refractivity contribution in [1.29, 1.82) is 0 Å². The van der Waals surface area contributed by atoms with Crippen molar-refractivity contribution in [2.45, 2.75) is 44.9 Å². The molecule has 0 spiro atoms. The number of unbranched alkanes of at least 4 members (excludes halogenated alkanes) is 1. The van der Waals surface area contributed by atoms with Crippen molar-refractivity contribution >= 4 is 16.7 Å². The Balaban J connectivity index is 1.18. The number of hydrogen-bond acceptors (Lipinski definition) is 5. The van der Waals surface area contributed by atoms with Gasteiger partial charge in [-0.2, -0.15) is 5.10 Å². The fourth-order valence-electron chi connectivity index (χ4n) is 4.52. The molecule has 1 saturated heterocycles. The summed E-state index contributed by atoms with van der Waals surface area (Å²) in [5.74, 6) is 2.00. The second kappa shape index (κ2) is 10.6. The quantitative estimate of drug-likeness (QED) is 0.350. The Morgan fingerprint density at radius 2 is 1.94 bits per heavy atom. The lowest BCUT2D eigenvalue weighted by Crippen LogP contribution is -2.34. The molecular formula is C26H33N3O3. The Hall–Kier alpha value is -2.86. The smallest absolute Gasteiger partial charge is 0.162 e. The van der Waals surface area contributed by atoms with Crippen molar-refractivity contribution in [3.8, 4) is 11.5 Å². The molecule has 1 aliphatic rings. The van der Waals surface area contributed by atoms with Gasteiger partial charge in [0, 0.05) is 29.0 Å². The number of nitrogens with one attached hydrogen (secondary N) is 1. The number of Topliss-reactive ketones (excluding diaryl/α,β-unsaturated/α-hetero) is 1. The third-order valence-corrected chi connectivity index (χ3v) is 6.42. The van der Waals surface area contributed by atoms with Gasteiger partial charge in [0.25, 0.3) is 0 Å². The highest BCUT2D eigenvalue weighted by molar-refractivity contribution is 5.96. The summed E-state index contributed by atoms with van der Waals surface area (Å²) in [6.45, 7) is 5.86. The summed E-state index contributed by atoms with van der Waals surface area (Å²) in [7, 11) is 1.61. The van der Waals surface area contributed by atoms with Crippen LogP contribution in [0.4, 0.5) is 0 Å². The average Bonchev–Trinajstić information content (AvgIpc) is 3.28. The summed E-state index contributed by atoms with van der Waals surface area (Å²) in [4.78, 5) is 14.4. The number of carbonyl (C=O) groups excluding carboxylic acids is 1. The number of ketones is 1. The molecule has 1 fully saturated rings. The molecule has 6 nitrogen and oxygen atoms in total. The summed E-state index contributed by atoms with van der Waals surface area (Å²) in [5, 5.41) is 9.01. The number of nitrogens with zero attached hydrogens (tertiary/aromatic N) is 2. The Labute approximate surface area is 189 Å². The first-order valence-corrected chi connectivity index (χ1v) is 11.7. The Morgan fingerprint density at radius 1 is 1.12 bits per heavy atom. The molecule has 0 radical (unpaired) electrons. The number of rotatable bonds is 10. The number of hydrogen-bond donors (Lipinski definition) is 1. The molecule has 0 amide bonds. The zero-order valence-corrected chi connectivity index (χ0v) is 19.1. The van der Waals surface area contributed by atoms with Crippen molar-refractivity contribution in [1.82, 2.24) is 15.1 Å². The van der Waals surface area contributed by atoms with Gasteiger partial charge in [-0.1, -0.05) is 25.1 Å². The minimum atomic E-state index is 0.110. The number of aromatic nitrogens is 2. The molecule has 3 aromatic rings. The zero-order chi connectivity index (χ0) is 22.3. The van der Waals surface area contributed by atoms with Gasteiger partial charge in [-0.05, 0) is 69.6 Å². The highest BCUT2D eigenvalue weighted by atomic mass is 16.5. The van der Waals surface area contributed by atoms with Gasteiger partial charge in [-0.3, -0.25) is 9.89 Å². The second-order valence-electron chi connectivity index (χ2n) is 8.47. The van der Waals surface area contributed by atoms with E-state index in [1.807, 2.05) is 25.1 Å². The summed E-state index contributed by atoms with van der Waals surface area (Å²) in [6, 6.07) is 13.8. The average molecular weight is 436 g/mol. The number of methoxy groups -OCH3 is 1. The van der Waals surface area contributed by atoms with Gasteiger partial charge in [-0.15, -0.1) is 0 Å². The van der Waals surface area contributed by atoms with Crippen LogP contribution < -0.4 is 9.47 Å². The largest absolute Gasteiger partial charge is 0.493 e.